The summed E-state index contributed by atoms with van der Waals surface area (Å²) < 4.78 is 0. The number of nitrogens with zero attached hydrogens (tertiary/aromatic N) is 2. The standard InChI is InChI=1S/C22H31N5O.HI/c1-4-17(3)27-21(28)19-11-9-18(10-12-19)16-26-22(23-5-2)25-15-13-20-8-6-7-14-24-20;/h6-12,14,17H,4-5,13,15-16H2,1-3H3,(H,27,28)(H2,23,25,26);1H. The predicted molar refractivity (Wildman–Crippen MR) is 130 cm³/mol. The Morgan fingerprint density at radius 3 is 2.48 bits per heavy atom. The number of guanidine groups is 1. The van der Waals surface area contributed by atoms with Crippen LogP contribution in [0.2, 0.25) is 0 Å². The highest BCUT2D eigenvalue weighted by Gasteiger charge is 2.08. The van der Waals surface area contributed by atoms with Crippen molar-refractivity contribution in [2.75, 3.05) is 13.1 Å². The van der Waals surface area contributed by atoms with Gasteiger partial charge in [0, 0.05) is 43.0 Å². The van der Waals surface area contributed by atoms with Gasteiger partial charge in [0.1, 0.15) is 0 Å². The number of rotatable bonds is 9. The van der Waals surface area contributed by atoms with Gasteiger partial charge < -0.3 is 16.0 Å². The SMILES string of the molecule is CCNC(=NCc1ccc(C(=O)NC(C)CC)cc1)NCCc1ccccn1.I. The molecule has 0 saturated heterocycles. The van der Waals surface area contributed by atoms with Crippen LogP contribution < -0.4 is 16.0 Å². The number of hydrogen-bond donors (Lipinski definition) is 3. The van der Waals surface area contributed by atoms with E-state index in [0.717, 1.165) is 43.1 Å². The zero-order chi connectivity index (χ0) is 20.2. The van der Waals surface area contributed by atoms with Gasteiger partial charge in [-0.05, 0) is 50.1 Å². The van der Waals surface area contributed by atoms with Crippen LogP contribution in [-0.4, -0.2) is 36.0 Å². The number of amides is 1. The molecule has 0 aliphatic carbocycles. The maximum atomic E-state index is 12.1. The lowest BCUT2D eigenvalue weighted by atomic mass is 10.1. The number of carbonyl (C=O) groups excluding carboxylic acids is 1. The Labute approximate surface area is 191 Å². The first-order chi connectivity index (χ1) is 13.6. The van der Waals surface area contributed by atoms with E-state index in [9.17, 15) is 4.79 Å². The summed E-state index contributed by atoms with van der Waals surface area (Å²) >= 11 is 0. The van der Waals surface area contributed by atoms with E-state index in [1.54, 1.807) is 0 Å². The summed E-state index contributed by atoms with van der Waals surface area (Å²) in [4.78, 5) is 21.1. The molecule has 1 atom stereocenters. The van der Waals surface area contributed by atoms with E-state index in [2.05, 4.69) is 32.9 Å². The number of nitrogens with one attached hydrogen (secondary N) is 3. The third-order valence-electron chi connectivity index (χ3n) is 4.37. The fourth-order valence-corrected chi connectivity index (χ4v) is 2.54. The highest BCUT2D eigenvalue weighted by molar-refractivity contribution is 14.0. The number of halogens is 1. The fraction of sp³-hybridized carbons (Fsp3) is 0.409. The van der Waals surface area contributed by atoms with E-state index in [0.29, 0.717) is 12.1 Å². The van der Waals surface area contributed by atoms with E-state index >= 15 is 0 Å². The summed E-state index contributed by atoms with van der Waals surface area (Å²) in [6.07, 6.45) is 3.56. The van der Waals surface area contributed by atoms with Crippen LogP contribution in [-0.2, 0) is 13.0 Å². The molecule has 0 aliphatic rings. The summed E-state index contributed by atoms with van der Waals surface area (Å²) in [5.41, 5.74) is 2.78. The Kier molecular flexibility index (Phi) is 11.9. The lowest BCUT2D eigenvalue weighted by molar-refractivity contribution is 0.0939. The maximum absolute atomic E-state index is 12.1. The summed E-state index contributed by atoms with van der Waals surface area (Å²) in [7, 11) is 0. The Morgan fingerprint density at radius 2 is 1.86 bits per heavy atom. The van der Waals surface area contributed by atoms with E-state index in [-0.39, 0.29) is 35.9 Å². The largest absolute Gasteiger partial charge is 0.357 e. The topological polar surface area (TPSA) is 78.4 Å². The Morgan fingerprint density at radius 1 is 1.10 bits per heavy atom. The highest BCUT2D eigenvalue weighted by atomic mass is 127. The second kappa shape index (κ2) is 13.9. The van der Waals surface area contributed by atoms with Crippen LogP contribution in [0.4, 0.5) is 0 Å². The minimum absolute atomic E-state index is 0. The molecule has 2 aromatic rings. The number of carbonyl (C=O) groups is 1. The van der Waals surface area contributed by atoms with Crippen molar-refractivity contribution in [3.8, 4) is 0 Å². The molecule has 0 spiro atoms. The number of benzene rings is 1. The van der Waals surface area contributed by atoms with Crippen molar-refractivity contribution >= 4 is 35.8 Å². The van der Waals surface area contributed by atoms with Crippen molar-refractivity contribution in [1.82, 2.24) is 20.9 Å². The van der Waals surface area contributed by atoms with Crippen LogP contribution in [0.1, 0.15) is 48.8 Å². The van der Waals surface area contributed by atoms with Crippen molar-refractivity contribution in [3.63, 3.8) is 0 Å². The summed E-state index contributed by atoms with van der Waals surface area (Å²) in [5.74, 6) is 0.742. The molecule has 7 heteroatoms. The van der Waals surface area contributed by atoms with Gasteiger partial charge in [-0.1, -0.05) is 25.1 Å². The van der Waals surface area contributed by atoms with E-state index in [1.165, 1.54) is 0 Å². The molecule has 0 radical (unpaired) electrons. The molecule has 1 unspecified atom stereocenters. The van der Waals surface area contributed by atoms with Crippen LogP contribution in [0.25, 0.3) is 0 Å². The molecule has 158 valence electrons. The van der Waals surface area contributed by atoms with Crippen LogP contribution in [0.5, 0.6) is 0 Å². The Balaban J connectivity index is 0.00000420. The lowest BCUT2D eigenvalue weighted by Gasteiger charge is -2.12. The third kappa shape index (κ3) is 9.25. The minimum Gasteiger partial charge on any atom is -0.357 e. The van der Waals surface area contributed by atoms with Gasteiger partial charge in [-0.25, -0.2) is 4.99 Å². The van der Waals surface area contributed by atoms with Crippen molar-refractivity contribution in [3.05, 3.63) is 65.5 Å². The number of aromatic nitrogens is 1. The lowest BCUT2D eigenvalue weighted by Crippen LogP contribution is -2.38. The second-order valence-electron chi connectivity index (χ2n) is 6.67. The summed E-state index contributed by atoms with van der Waals surface area (Å²) in [6, 6.07) is 13.7. The maximum Gasteiger partial charge on any atom is 0.251 e. The van der Waals surface area contributed by atoms with Gasteiger partial charge in [0.25, 0.3) is 5.91 Å². The first-order valence-corrected chi connectivity index (χ1v) is 9.94. The van der Waals surface area contributed by atoms with Crippen LogP contribution in [0.15, 0.2) is 53.7 Å². The first-order valence-electron chi connectivity index (χ1n) is 9.94. The molecule has 0 fully saturated rings. The van der Waals surface area contributed by atoms with Crippen molar-refractivity contribution in [2.24, 2.45) is 4.99 Å². The molecule has 0 bridgehead atoms. The fourth-order valence-electron chi connectivity index (χ4n) is 2.54. The zero-order valence-electron chi connectivity index (χ0n) is 17.4. The molecule has 29 heavy (non-hydrogen) atoms. The van der Waals surface area contributed by atoms with Crippen molar-refractivity contribution < 1.29 is 4.79 Å². The number of hydrogen-bond acceptors (Lipinski definition) is 3. The predicted octanol–water partition coefficient (Wildman–Crippen LogP) is 3.53. The van der Waals surface area contributed by atoms with Gasteiger partial charge in [0.15, 0.2) is 5.96 Å². The van der Waals surface area contributed by atoms with E-state index in [1.807, 2.05) is 62.5 Å². The van der Waals surface area contributed by atoms with Crippen LogP contribution >= 0.6 is 24.0 Å². The van der Waals surface area contributed by atoms with Gasteiger partial charge >= 0.3 is 0 Å². The van der Waals surface area contributed by atoms with Gasteiger partial charge in [-0.2, -0.15) is 0 Å². The Hall–Kier alpha value is -2.16. The molecular weight excluding hydrogens is 477 g/mol. The summed E-state index contributed by atoms with van der Waals surface area (Å²) in [5, 5.41) is 9.56. The monoisotopic (exact) mass is 509 g/mol. The van der Waals surface area contributed by atoms with Crippen molar-refractivity contribution in [1.29, 1.82) is 0 Å². The van der Waals surface area contributed by atoms with Crippen molar-refractivity contribution in [2.45, 2.75) is 46.2 Å². The van der Waals surface area contributed by atoms with Gasteiger partial charge in [0.05, 0.1) is 6.54 Å². The van der Waals surface area contributed by atoms with E-state index < -0.39 is 0 Å². The van der Waals surface area contributed by atoms with Crippen LogP contribution in [0, 0.1) is 0 Å². The molecule has 0 aliphatic heterocycles. The molecule has 3 N–H and O–H groups in total. The zero-order valence-corrected chi connectivity index (χ0v) is 19.8. The average molecular weight is 509 g/mol. The quantitative estimate of drug-likeness (QED) is 0.275. The molecule has 0 saturated carbocycles. The normalized spacial score (nSPS) is 11.9. The van der Waals surface area contributed by atoms with Gasteiger partial charge in [-0.3, -0.25) is 9.78 Å². The molecule has 2 rings (SSSR count). The average Bonchev–Trinajstić information content (AvgIpc) is 2.73. The van der Waals surface area contributed by atoms with Crippen LogP contribution in [0.3, 0.4) is 0 Å². The molecule has 1 aromatic carbocycles. The smallest absolute Gasteiger partial charge is 0.251 e. The third-order valence-corrected chi connectivity index (χ3v) is 4.37. The summed E-state index contributed by atoms with van der Waals surface area (Å²) in [6.45, 7) is 8.21. The first kappa shape index (κ1) is 24.9. The second-order valence-corrected chi connectivity index (χ2v) is 6.67. The highest BCUT2D eigenvalue weighted by Crippen LogP contribution is 2.06. The minimum atomic E-state index is -0.0334. The van der Waals surface area contributed by atoms with Gasteiger partial charge in [0.2, 0.25) is 0 Å². The van der Waals surface area contributed by atoms with Gasteiger partial charge in [-0.15, -0.1) is 24.0 Å². The number of pyridine rings is 1. The molecule has 6 nitrogen and oxygen atoms in total. The molecule has 1 heterocycles. The van der Waals surface area contributed by atoms with E-state index in [4.69, 9.17) is 0 Å². The molecule has 1 amide bonds. The number of aliphatic imine (C=N–C) groups is 1. The Bertz CT molecular complexity index is 750. The molecular formula is C22H32IN5O. The molecule has 1 aromatic heterocycles.